The van der Waals surface area contributed by atoms with E-state index in [2.05, 4.69) is 21.8 Å². The largest absolute Gasteiger partial charge is 0.378 e. The molecule has 0 radical (unpaired) electrons. The van der Waals surface area contributed by atoms with Crippen molar-refractivity contribution in [1.82, 2.24) is 15.0 Å². The molecule has 3 aromatic rings. The van der Waals surface area contributed by atoms with Crippen molar-refractivity contribution in [2.75, 3.05) is 5.32 Å². The Morgan fingerprint density at radius 2 is 2.00 bits per heavy atom. The third kappa shape index (κ3) is 3.02. The standard InChI is InChI=1S/C17H18N4O2/c1-2-21-15-9-8-12(17(22)20-23)10-14(15)19-16(21)11-18-13-6-4-3-5-7-13/h3-10,18,23H,2,11H2,1H3,(H,20,22). The van der Waals surface area contributed by atoms with E-state index in [1.165, 1.54) is 0 Å². The Kier molecular flexibility index (Phi) is 4.25. The van der Waals surface area contributed by atoms with Crippen LogP contribution in [0.15, 0.2) is 48.5 Å². The van der Waals surface area contributed by atoms with Gasteiger partial charge in [0.15, 0.2) is 0 Å². The molecule has 2 aromatic carbocycles. The number of hydrogen-bond donors (Lipinski definition) is 3. The molecule has 0 aliphatic heterocycles. The predicted molar refractivity (Wildman–Crippen MR) is 88.4 cm³/mol. The Labute approximate surface area is 133 Å². The van der Waals surface area contributed by atoms with Crippen molar-refractivity contribution in [2.24, 2.45) is 0 Å². The highest BCUT2D eigenvalue weighted by atomic mass is 16.5. The van der Waals surface area contributed by atoms with Gasteiger partial charge in [0, 0.05) is 17.8 Å². The fraction of sp³-hybridized carbons (Fsp3) is 0.176. The molecule has 0 aliphatic rings. The summed E-state index contributed by atoms with van der Waals surface area (Å²) in [6.07, 6.45) is 0. The first-order valence-electron chi connectivity index (χ1n) is 7.45. The van der Waals surface area contributed by atoms with Crippen molar-refractivity contribution in [3.8, 4) is 0 Å². The molecule has 3 N–H and O–H groups in total. The van der Waals surface area contributed by atoms with Crippen LogP contribution in [0.4, 0.5) is 5.69 Å². The summed E-state index contributed by atoms with van der Waals surface area (Å²) < 4.78 is 2.10. The highest BCUT2D eigenvalue weighted by Crippen LogP contribution is 2.19. The number of hydroxylamine groups is 1. The zero-order valence-corrected chi connectivity index (χ0v) is 12.8. The summed E-state index contributed by atoms with van der Waals surface area (Å²) in [5.41, 5.74) is 4.75. The number of aryl methyl sites for hydroxylation is 1. The van der Waals surface area contributed by atoms with E-state index in [9.17, 15) is 4.79 Å². The van der Waals surface area contributed by atoms with Crippen LogP contribution in [0, 0.1) is 0 Å². The second-order valence-corrected chi connectivity index (χ2v) is 5.14. The molecule has 1 aromatic heterocycles. The van der Waals surface area contributed by atoms with Crippen molar-refractivity contribution < 1.29 is 10.0 Å². The van der Waals surface area contributed by atoms with Gasteiger partial charge in [-0.1, -0.05) is 18.2 Å². The molecule has 0 atom stereocenters. The van der Waals surface area contributed by atoms with E-state index >= 15 is 0 Å². The summed E-state index contributed by atoms with van der Waals surface area (Å²) in [5, 5.41) is 12.1. The lowest BCUT2D eigenvalue weighted by Crippen LogP contribution is -2.18. The van der Waals surface area contributed by atoms with Gasteiger partial charge in [-0.05, 0) is 37.3 Å². The maximum atomic E-state index is 11.5. The van der Waals surface area contributed by atoms with Gasteiger partial charge in [-0.25, -0.2) is 10.5 Å². The van der Waals surface area contributed by atoms with Crippen molar-refractivity contribution in [2.45, 2.75) is 20.0 Å². The van der Waals surface area contributed by atoms with Crippen molar-refractivity contribution in [3.63, 3.8) is 0 Å². The SMILES string of the molecule is CCn1c(CNc2ccccc2)nc2cc(C(=O)NO)ccc21. The molecular weight excluding hydrogens is 292 g/mol. The van der Waals surface area contributed by atoms with Crippen LogP contribution in [0.25, 0.3) is 11.0 Å². The number of benzene rings is 2. The maximum Gasteiger partial charge on any atom is 0.274 e. The predicted octanol–water partition coefficient (Wildman–Crippen LogP) is 2.79. The second kappa shape index (κ2) is 6.50. The number of para-hydroxylation sites is 1. The average molecular weight is 310 g/mol. The maximum absolute atomic E-state index is 11.5. The number of imidazole rings is 1. The second-order valence-electron chi connectivity index (χ2n) is 5.14. The Morgan fingerprint density at radius 1 is 1.22 bits per heavy atom. The number of anilines is 1. The number of nitrogens with one attached hydrogen (secondary N) is 2. The Morgan fingerprint density at radius 3 is 2.70 bits per heavy atom. The molecular formula is C17H18N4O2. The Balaban J connectivity index is 1.91. The van der Waals surface area contributed by atoms with E-state index in [4.69, 9.17) is 5.21 Å². The summed E-state index contributed by atoms with van der Waals surface area (Å²) >= 11 is 0. The lowest BCUT2D eigenvalue weighted by molar-refractivity contribution is 0.0706. The van der Waals surface area contributed by atoms with Crippen molar-refractivity contribution in [1.29, 1.82) is 0 Å². The van der Waals surface area contributed by atoms with Gasteiger partial charge in [-0.3, -0.25) is 10.0 Å². The number of fused-ring (bicyclic) bond motifs is 1. The summed E-state index contributed by atoms with van der Waals surface area (Å²) in [7, 11) is 0. The Hall–Kier alpha value is -2.86. The number of hydrogen-bond acceptors (Lipinski definition) is 4. The minimum absolute atomic E-state index is 0.378. The van der Waals surface area contributed by atoms with Crippen LogP contribution in [0.3, 0.4) is 0 Å². The van der Waals surface area contributed by atoms with E-state index in [1.54, 1.807) is 17.6 Å². The van der Waals surface area contributed by atoms with E-state index in [0.29, 0.717) is 12.1 Å². The van der Waals surface area contributed by atoms with Gasteiger partial charge in [-0.15, -0.1) is 0 Å². The minimum atomic E-state index is -0.540. The molecule has 23 heavy (non-hydrogen) atoms. The van der Waals surface area contributed by atoms with Crippen LogP contribution < -0.4 is 10.8 Å². The molecule has 0 saturated heterocycles. The molecule has 3 rings (SSSR count). The van der Waals surface area contributed by atoms with Crippen molar-refractivity contribution >= 4 is 22.6 Å². The number of rotatable bonds is 5. The molecule has 0 unspecified atom stereocenters. The van der Waals surface area contributed by atoms with Crippen LogP contribution in [0.2, 0.25) is 0 Å². The first kappa shape index (κ1) is 15.1. The summed E-state index contributed by atoms with van der Waals surface area (Å²) in [6, 6.07) is 15.1. The van der Waals surface area contributed by atoms with Gasteiger partial charge in [0.05, 0.1) is 17.6 Å². The highest BCUT2D eigenvalue weighted by Gasteiger charge is 2.12. The lowest BCUT2D eigenvalue weighted by atomic mass is 10.2. The molecule has 0 spiro atoms. The number of aromatic nitrogens is 2. The summed E-state index contributed by atoms with van der Waals surface area (Å²) in [4.78, 5) is 16.1. The molecule has 6 nitrogen and oxygen atoms in total. The number of nitrogens with zero attached hydrogens (tertiary/aromatic N) is 2. The highest BCUT2D eigenvalue weighted by molar-refractivity contribution is 5.96. The molecule has 0 fully saturated rings. The van der Waals surface area contributed by atoms with Gasteiger partial charge >= 0.3 is 0 Å². The number of carbonyl (C=O) groups is 1. The van der Waals surface area contributed by atoms with Crippen LogP contribution in [-0.4, -0.2) is 20.7 Å². The molecule has 0 bridgehead atoms. The van der Waals surface area contributed by atoms with E-state index in [1.807, 2.05) is 36.4 Å². The Bertz CT molecular complexity index is 827. The fourth-order valence-corrected chi connectivity index (χ4v) is 2.61. The van der Waals surface area contributed by atoms with E-state index < -0.39 is 5.91 Å². The zero-order chi connectivity index (χ0) is 16.2. The molecule has 118 valence electrons. The van der Waals surface area contributed by atoms with Gasteiger partial charge in [0.1, 0.15) is 5.82 Å². The topological polar surface area (TPSA) is 79.2 Å². The van der Waals surface area contributed by atoms with Gasteiger partial charge in [0.2, 0.25) is 0 Å². The van der Waals surface area contributed by atoms with Crippen LogP contribution in [0.5, 0.6) is 0 Å². The number of carbonyl (C=O) groups excluding carboxylic acids is 1. The lowest BCUT2D eigenvalue weighted by Gasteiger charge is -2.08. The van der Waals surface area contributed by atoms with Crippen LogP contribution >= 0.6 is 0 Å². The molecule has 1 heterocycles. The van der Waals surface area contributed by atoms with Gasteiger partial charge in [-0.2, -0.15) is 0 Å². The third-order valence-corrected chi connectivity index (χ3v) is 3.73. The number of amides is 1. The van der Waals surface area contributed by atoms with Crippen LogP contribution in [-0.2, 0) is 13.1 Å². The van der Waals surface area contributed by atoms with Crippen LogP contribution in [0.1, 0.15) is 23.1 Å². The average Bonchev–Trinajstić information content (AvgIpc) is 2.96. The normalized spacial score (nSPS) is 10.7. The molecule has 6 heteroatoms. The smallest absolute Gasteiger partial charge is 0.274 e. The van der Waals surface area contributed by atoms with E-state index in [-0.39, 0.29) is 0 Å². The summed E-state index contributed by atoms with van der Waals surface area (Å²) in [6.45, 7) is 3.43. The van der Waals surface area contributed by atoms with Crippen molar-refractivity contribution in [3.05, 3.63) is 59.9 Å². The minimum Gasteiger partial charge on any atom is -0.378 e. The van der Waals surface area contributed by atoms with Gasteiger partial charge in [0.25, 0.3) is 5.91 Å². The molecule has 0 aliphatic carbocycles. The quantitative estimate of drug-likeness (QED) is 0.500. The fourth-order valence-electron chi connectivity index (χ4n) is 2.61. The van der Waals surface area contributed by atoms with Gasteiger partial charge < -0.3 is 9.88 Å². The zero-order valence-electron chi connectivity index (χ0n) is 12.8. The first-order valence-corrected chi connectivity index (χ1v) is 7.45. The summed E-state index contributed by atoms with van der Waals surface area (Å²) in [5.74, 6) is 0.356. The monoisotopic (exact) mass is 310 g/mol. The van der Waals surface area contributed by atoms with E-state index in [0.717, 1.165) is 29.1 Å². The first-order chi connectivity index (χ1) is 11.2. The molecule has 0 saturated carbocycles. The molecule has 1 amide bonds. The third-order valence-electron chi connectivity index (χ3n) is 3.73.